The van der Waals surface area contributed by atoms with Crippen molar-refractivity contribution in [1.82, 2.24) is 4.98 Å². The fourth-order valence-electron chi connectivity index (χ4n) is 1.70. The Balaban J connectivity index is 1.95. The highest BCUT2D eigenvalue weighted by Crippen LogP contribution is 2.46. The zero-order valence-corrected chi connectivity index (χ0v) is 7.62. The molecule has 0 saturated heterocycles. The second-order valence-corrected chi connectivity index (χ2v) is 4.12. The Kier molecular flexibility index (Phi) is 1.50. The predicted molar refractivity (Wildman–Crippen MR) is 48.3 cm³/mol. The molecule has 0 atom stereocenters. The SMILES string of the molecule is NCc1nc(C2CC2)oc1C1CC1. The smallest absolute Gasteiger partial charge is 0.197 e. The molecule has 0 spiro atoms. The van der Waals surface area contributed by atoms with E-state index in [1.807, 2.05) is 0 Å². The Hall–Kier alpha value is -0.830. The summed E-state index contributed by atoms with van der Waals surface area (Å²) >= 11 is 0. The van der Waals surface area contributed by atoms with Crippen LogP contribution in [0.3, 0.4) is 0 Å². The van der Waals surface area contributed by atoms with Gasteiger partial charge in [-0.25, -0.2) is 4.98 Å². The zero-order chi connectivity index (χ0) is 8.84. The lowest BCUT2D eigenvalue weighted by atomic mass is 10.2. The second kappa shape index (κ2) is 2.58. The predicted octanol–water partition coefficient (Wildman–Crippen LogP) is 1.89. The standard InChI is InChI=1S/C10H14N2O/c11-5-8-9(6-1-2-6)13-10(12-8)7-3-4-7/h6-7H,1-5,11H2. The lowest BCUT2D eigenvalue weighted by Gasteiger charge is -1.92. The molecule has 2 saturated carbocycles. The molecule has 0 unspecified atom stereocenters. The number of aromatic nitrogens is 1. The van der Waals surface area contributed by atoms with Crippen LogP contribution in [0.2, 0.25) is 0 Å². The largest absolute Gasteiger partial charge is 0.445 e. The Morgan fingerprint density at radius 2 is 1.92 bits per heavy atom. The van der Waals surface area contributed by atoms with Gasteiger partial charge >= 0.3 is 0 Å². The molecule has 2 aliphatic rings. The van der Waals surface area contributed by atoms with Gasteiger partial charge in [-0.15, -0.1) is 0 Å². The van der Waals surface area contributed by atoms with Gasteiger partial charge in [0.25, 0.3) is 0 Å². The molecule has 3 nitrogen and oxygen atoms in total. The van der Waals surface area contributed by atoms with Gasteiger partial charge in [-0.2, -0.15) is 0 Å². The molecule has 3 rings (SSSR count). The van der Waals surface area contributed by atoms with Gasteiger partial charge in [0.15, 0.2) is 5.89 Å². The summed E-state index contributed by atoms with van der Waals surface area (Å²) < 4.78 is 5.76. The third-order valence-electron chi connectivity index (χ3n) is 2.81. The topological polar surface area (TPSA) is 52.0 Å². The van der Waals surface area contributed by atoms with Crippen LogP contribution < -0.4 is 5.73 Å². The number of rotatable bonds is 3. The molecule has 0 bridgehead atoms. The van der Waals surface area contributed by atoms with E-state index < -0.39 is 0 Å². The normalized spacial score (nSPS) is 22.2. The molecule has 0 aliphatic heterocycles. The summed E-state index contributed by atoms with van der Waals surface area (Å²) in [7, 11) is 0. The highest BCUT2D eigenvalue weighted by molar-refractivity contribution is 5.21. The van der Waals surface area contributed by atoms with E-state index >= 15 is 0 Å². The number of oxazole rings is 1. The van der Waals surface area contributed by atoms with Gasteiger partial charge in [-0.1, -0.05) is 0 Å². The van der Waals surface area contributed by atoms with Crippen LogP contribution in [0.15, 0.2) is 4.42 Å². The minimum Gasteiger partial charge on any atom is -0.445 e. The first kappa shape index (κ1) is 7.56. The average Bonchev–Trinajstić information content (AvgIpc) is 3.02. The average molecular weight is 178 g/mol. The number of hydrogen-bond donors (Lipinski definition) is 1. The van der Waals surface area contributed by atoms with Crippen LogP contribution in [-0.4, -0.2) is 4.98 Å². The number of nitrogens with two attached hydrogens (primary N) is 1. The molecule has 2 aliphatic carbocycles. The molecule has 0 aromatic carbocycles. The van der Waals surface area contributed by atoms with E-state index in [1.54, 1.807) is 0 Å². The summed E-state index contributed by atoms with van der Waals surface area (Å²) in [5.41, 5.74) is 6.63. The maximum atomic E-state index is 5.76. The van der Waals surface area contributed by atoms with Crippen molar-refractivity contribution >= 4 is 0 Å². The first-order valence-corrected chi connectivity index (χ1v) is 5.08. The first-order chi connectivity index (χ1) is 6.38. The molecule has 70 valence electrons. The fraction of sp³-hybridized carbons (Fsp3) is 0.700. The second-order valence-electron chi connectivity index (χ2n) is 4.12. The molecule has 13 heavy (non-hydrogen) atoms. The van der Waals surface area contributed by atoms with Crippen LogP contribution in [0.25, 0.3) is 0 Å². The molecule has 0 radical (unpaired) electrons. The van der Waals surface area contributed by atoms with Gasteiger partial charge < -0.3 is 10.2 Å². The fourth-order valence-corrected chi connectivity index (χ4v) is 1.70. The molecule has 1 heterocycles. The van der Waals surface area contributed by atoms with Gasteiger partial charge in [-0.3, -0.25) is 0 Å². The third-order valence-corrected chi connectivity index (χ3v) is 2.81. The van der Waals surface area contributed by atoms with Gasteiger partial charge in [-0.05, 0) is 25.7 Å². The maximum Gasteiger partial charge on any atom is 0.197 e. The quantitative estimate of drug-likeness (QED) is 0.769. The molecule has 1 aromatic rings. The molecule has 2 N–H and O–H groups in total. The van der Waals surface area contributed by atoms with Crippen LogP contribution >= 0.6 is 0 Å². The van der Waals surface area contributed by atoms with Gasteiger partial charge in [0.05, 0.1) is 5.69 Å². The van der Waals surface area contributed by atoms with E-state index in [0.717, 1.165) is 17.3 Å². The zero-order valence-electron chi connectivity index (χ0n) is 7.62. The van der Waals surface area contributed by atoms with Crippen LogP contribution in [-0.2, 0) is 6.54 Å². The van der Waals surface area contributed by atoms with E-state index in [4.69, 9.17) is 10.2 Å². The van der Waals surface area contributed by atoms with Crippen molar-refractivity contribution in [2.24, 2.45) is 5.73 Å². The van der Waals surface area contributed by atoms with Crippen LogP contribution in [0.4, 0.5) is 0 Å². The summed E-state index contributed by atoms with van der Waals surface area (Å²) in [5, 5.41) is 0. The van der Waals surface area contributed by atoms with E-state index in [9.17, 15) is 0 Å². The van der Waals surface area contributed by atoms with E-state index in [0.29, 0.717) is 18.4 Å². The van der Waals surface area contributed by atoms with E-state index in [-0.39, 0.29) is 0 Å². The Morgan fingerprint density at radius 1 is 1.23 bits per heavy atom. The highest BCUT2D eigenvalue weighted by atomic mass is 16.4. The molecule has 0 amide bonds. The van der Waals surface area contributed by atoms with Crippen molar-refractivity contribution < 1.29 is 4.42 Å². The lowest BCUT2D eigenvalue weighted by molar-refractivity contribution is 0.456. The van der Waals surface area contributed by atoms with Crippen molar-refractivity contribution in [2.45, 2.75) is 44.1 Å². The monoisotopic (exact) mass is 178 g/mol. The van der Waals surface area contributed by atoms with E-state index in [2.05, 4.69) is 4.98 Å². The Labute approximate surface area is 77.3 Å². The summed E-state index contributed by atoms with van der Waals surface area (Å²) in [5.74, 6) is 3.28. The number of hydrogen-bond acceptors (Lipinski definition) is 3. The minimum absolute atomic E-state index is 0.530. The van der Waals surface area contributed by atoms with Crippen LogP contribution in [0.5, 0.6) is 0 Å². The Bertz CT molecular complexity index is 324. The first-order valence-electron chi connectivity index (χ1n) is 5.08. The van der Waals surface area contributed by atoms with Gasteiger partial charge in [0.2, 0.25) is 0 Å². The summed E-state index contributed by atoms with van der Waals surface area (Å²) in [6.07, 6.45) is 5.00. The van der Waals surface area contributed by atoms with Crippen LogP contribution in [0.1, 0.15) is 54.9 Å². The number of nitrogens with zero attached hydrogens (tertiary/aromatic N) is 1. The minimum atomic E-state index is 0.530. The molecule has 2 fully saturated rings. The van der Waals surface area contributed by atoms with Crippen molar-refractivity contribution in [3.63, 3.8) is 0 Å². The highest BCUT2D eigenvalue weighted by Gasteiger charge is 2.35. The van der Waals surface area contributed by atoms with Crippen molar-refractivity contribution in [1.29, 1.82) is 0 Å². The van der Waals surface area contributed by atoms with Crippen molar-refractivity contribution in [2.75, 3.05) is 0 Å². The molecule has 3 heteroatoms. The van der Waals surface area contributed by atoms with Crippen LogP contribution in [0, 0.1) is 0 Å². The molecular formula is C10H14N2O. The summed E-state index contributed by atoms with van der Waals surface area (Å²) in [6.45, 7) is 0.530. The summed E-state index contributed by atoms with van der Waals surface area (Å²) in [4.78, 5) is 4.46. The van der Waals surface area contributed by atoms with Gasteiger partial charge in [0.1, 0.15) is 5.76 Å². The molecule has 1 aromatic heterocycles. The van der Waals surface area contributed by atoms with Crippen molar-refractivity contribution in [3.8, 4) is 0 Å². The molecular weight excluding hydrogens is 164 g/mol. The summed E-state index contributed by atoms with van der Waals surface area (Å²) in [6, 6.07) is 0. The lowest BCUT2D eigenvalue weighted by Crippen LogP contribution is -1.99. The third kappa shape index (κ3) is 1.27. The maximum absolute atomic E-state index is 5.76. The van der Waals surface area contributed by atoms with Crippen molar-refractivity contribution in [3.05, 3.63) is 17.3 Å². The van der Waals surface area contributed by atoms with E-state index in [1.165, 1.54) is 25.7 Å². The Morgan fingerprint density at radius 3 is 2.46 bits per heavy atom. The van der Waals surface area contributed by atoms with Gasteiger partial charge in [0, 0.05) is 18.4 Å².